The molecular formula is C23H31BrN4O. The molecule has 4 rings (SSSR count). The summed E-state index contributed by atoms with van der Waals surface area (Å²) in [6, 6.07) is 11.1. The van der Waals surface area contributed by atoms with Crippen LogP contribution in [-0.2, 0) is 6.54 Å². The number of piperidine rings is 2. The van der Waals surface area contributed by atoms with Crippen molar-refractivity contribution in [3.05, 3.63) is 46.1 Å². The number of halogens is 1. The molecule has 0 N–H and O–H groups in total. The number of hydrogen-bond acceptors (Lipinski definition) is 5. The molecule has 0 spiro atoms. The molecule has 1 aromatic carbocycles. The van der Waals surface area contributed by atoms with Gasteiger partial charge in [0.05, 0.1) is 12.8 Å². The standard InChI is InChI=1S/C23H31BrN4O/c1-17-6-9-23(26-25-17)27-13-10-18(11-14-27)22-5-3-4-12-28(22)16-19-15-20(29-2)7-8-21(19)24/h6-9,15,18,22H,3-5,10-14,16H2,1-2H3. The molecule has 2 fully saturated rings. The zero-order valence-electron chi connectivity index (χ0n) is 17.5. The van der Waals surface area contributed by atoms with E-state index in [0.29, 0.717) is 6.04 Å². The quantitative estimate of drug-likeness (QED) is 0.641. The Morgan fingerprint density at radius 1 is 1.03 bits per heavy atom. The second kappa shape index (κ2) is 9.43. The number of nitrogens with zero attached hydrogens (tertiary/aromatic N) is 4. The topological polar surface area (TPSA) is 41.5 Å². The summed E-state index contributed by atoms with van der Waals surface area (Å²) in [5, 5.41) is 8.61. The Balaban J connectivity index is 1.41. The Bertz CT molecular complexity index is 805. The van der Waals surface area contributed by atoms with Gasteiger partial charge in [0.1, 0.15) is 5.75 Å². The van der Waals surface area contributed by atoms with E-state index in [1.807, 2.05) is 13.0 Å². The lowest BCUT2D eigenvalue weighted by Crippen LogP contribution is -2.47. The number of likely N-dealkylation sites (tertiary alicyclic amines) is 1. The second-order valence-corrected chi connectivity index (χ2v) is 9.20. The zero-order chi connectivity index (χ0) is 20.2. The van der Waals surface area contributed by atoms with Gasteiger partial charge < -0.3 is 9.64 Å². The Morgan fingerprint density at radius 3 is 2.59 bits per heavy atom. The maximum atomic E-state index is 5.45. The number of rotatable bonds is 5. The molecule has 1 unspecified atom stereocenters. The predicted octanol–water partition coefficient (Wildman–Crippen LogP) is 4.83. The third kappa shape index (κ3) is 4.92. The van der Waals surface area contributed by atoms with Crippen LogP contribution in [0.5, 0.6) is 5.75 Å². The van der Waals surface area contributed by atoms with Crippen LogP contribution < -0.4 is 9.64 Å². The zero-order valence-corrected chi connectivity index (χ0v) is 19.1. The van der Waals surface area contributed by atoms with Crippen molar-refractivity contribution in [3.8, 4) is 5.75 Å². The average Bonchev–Trinajstić information content (AvgIpc) is 2.76. The highest BCUT2D eigenvalue weighted by molar-refractivity contribution is 9.10. The molecule has 0 aliphatic carbocycles. The van der Waals surface area contributed by atoms with Gasteiger partial charge in [0.25, 0.3) is 0 Å². The third-order valence-corrected chi connectivity index (χ3v) is 7.26. The molecule has 1 atom stereocenters. The summed E-state index contributed by atoms with van der Waals surface area (Å²) < 4.78 is 6.62. The summed E-state index contributed by atoms with van der Waals surface area (Å²) in [7, 11) is 1.74. The molecule has 1 aromatic heterocycles. The van der Waals surface area contributed by atoms with Gasteiger partial charge in [0.15, 0.2) is 5.82 Å². The number of methoxy groups -OCH3 is 1. The summed E-state index contributed by atoms with van der Waals surface area (Å²) in [6.45, 7) is 6.33. The first-order valence-corrected chi connectivity index (χ1v) is 11.5. The first-order valence-electron chi connectivity index (χ1n) is 10.8. The van der Waals surface area contributed by atoms with E-state index >= 15 is 0 Å². The molecule has 0 bridgehead atoms. The van der Waals surface area contributed by atoms with Gasteiger partial charge in [-0.15, -0.1) is 5.10 Å². The van der Waals surface area contributed by atoms with Gasteiger partial charge in [-0.1, -0.05) is 22.4 Å². The largest absolute Gasteiger partial charge is 0.497 e. The minimum absolute atomic E-state index is 0.674. The lowest BCUT2D eigenvalue weighted by molar-refractivity contribution is 0.0803. The molecule has 0 amide bonds. The molecular weight excluding hydrogens is 428 g/mol. The van der Waals surface area contributed by atoms with Gasteiger partial charge >= 0.3 is 0 Å². The maximum absolute atomic E-state index is 5.45. The summed E-state index contributed by atoms with van der Waals surface area (Å²) in [6.07, 6.45) is 6.43. The van der Waals surface area contributed by atoms with Crippen molar-refractivity contribution >= 4 is 21.7 Å². The molecule has 0 radical (unpaired) electrons. The average molecular weight is 459 g/mol. The van der Waals surface area contributed by atoms with Crippen LogP contribution in [0.3, 0.4) is 0 Å². The maximum Gasteiger partial charge on any atom is 0.151 e. The van der Waals surface area contributed by atoms with Crippen molar-refractivity contribution in [1.82, 2.24) is 15.1 Å². The lowest BCUT2D eigenvalue weighted by Gasteiger charge is -2.44. The monoisotopic (exact) mass is 458 g/mol. The fraction of sp³-hybridized carbons (Fsp3) is 0.565. The third-order valence-electron chi connectivity index (χ3n) is 6.48. The molecule has 2 aliphatic heterocycles. The van der Waals surface area contributed by atoms with Crippen LogP contribution in [0.2, 0.25) is 0 Å². The van der Waals surface area contributed by atoms with Crippen LogP contribution >= 0.6 is 15.9 Å². The van der Waals surface area contributed by atoms with Crippen molar-refractivity contribution in [3.63, 3.8) is 0 Å². The van der Waals surface area contributed by atoms with Crippen molar-refractivity contribution < 1.29 is 4.74 Å². The van der Waals surface area contributed by atoms with Gasteiger partial charge in [-0.25, -0.2) is 0 Å². The predicted molar refractivity (Wildman–Crippen MR) is 120 cm³/mol. The van der Waals surface area contributed by atoms with E-state index in [4.69, 9.17) is 4.74 Å². The van der Waals surface area contributed by atoms with Crippen molar-refractivity contribution in [2.24, 2.45) is 5.92 Å². The molecule has 5 nitrogen and oxygen atoms in total. The fourth-order valence-electron chi connectivity index (χ4n) is 4.84. The Kier molecular flexibility index (Phi) is 6.70. The van der Waals surface area contributed by atoms with Crippen LogP contribution in [-0.4, -0.2) is 47.9 Å². The van der Waals surface area contributed by atoms with E-state index in [9.17, 15) is 0 Å². The molecule has 3 heterocycles. The molecule has 29 heavy (non-hydrogen) atoms. The number of aromatic nitrogens is 2. The van der Waals surface area contributed by atoms with Crippen LogP contribution in [0, 0.1) is 12.8 Å². The fourth-order valence-corrected chi connectivity index (χ4v) is 5.21. The van der Waals surface area contributed by atoms with Crippen molar-refractivity contribution in [2.45, 2.75) is 51.6 Å². The van der Waals surface area contributed by atoms with E-state index in [2.05, 4.69) is 60.2 Å². The minimum atomic E-state index is 0.674. The highest BCUT2D eigenvalue weighted by Gasteiger charge is 2.33. The Hall–Kier alpha value is -1.66. The number of aryl methyl sites for hydroxylation is 1. The summed E-state index contributed by atoms with van der Waals surface area (Å²) >= 11 is 3.74. The second-order valence-electron chi connectivity index (χ2n) is 8.35. The first kappa shape index (κ1) is 20.6. The number of benzene rings is 1. The highest BCUT2D eigenvalue weighted by atomic mass is 79.9. The van der Waals surface area contributed by atoms with E-state index in [0.717, 1.165) is 42.8 Å². The lowest BCUT2D eigenvalue weighted by atomic mass is 9.83. The summed E-state index contributed by atoms with van der Waals surface area (Å²) in [5.41, 5.74) is 2.30. The highest BCUT2D eigenvalue weighted by Crippen LogP contribution is 2.34. The van der Waals surface area contributed by atoms with E-state index in [-0.39, 0.29) is 0 Å². The van der Waals surface area contributed by atoms with Crippen LogP contribution in [0.25, 0.3) is 0 Å². The van der Waals surface area contributed by atoms with Crippen molar-refractivity contribution in [2.75, 3.05) is 31.6 Å². The molecule has 6 heteroatoms. The number of hydrogen-bond donors (Lipinski definition) is 0. The summed E-state index contributed by atoms with van der Waals surface area (Å²) in [4.78, 5) is 5.11. The van der Waals surface area contributed by atoms with Gasteiger partial charge in [0, 0.05) is 30.1 Å². The van der Waals surface area contributed by atoms with Gasteiger partial charge in [-0.05, 0) is 81.0 Å². The minimum Gasteiger partial charge on any atom is -0.497 e. The Morgan fingerprint density at radius 2 is 1.86 bits per heavy atom. The molecule has 2 aliphatic rings. The number of ether oxygens (including phenoxy) is 1. The Labute approximate surface area is 182 Å². The SMILES string of the molecule is COc1ccc(Br)c(CN2CCCCC2C2CCN(c3ccc(C)nn3)CC2)c1. The normalized spacial score (nSPS) is 21.3. The van der Waals surface area contributed by atoms with E-state index in [1.54, 1.807) is 7.11 Å². The smallest absolute Gasteiger partial charge is 0.151 e. The van der Waals surface area contributed by atoms with Crippen LogP contribution in [0.4, 0.5) is 5.82 Å². The van der Waals surface area contributed by atoms with E-state index in [1.165, 1.54) is 48.7 Å². The van der Waals surface area contributed by atoms with E-state index < -0.39 is 0 Å². The molecule has 2 aromatic rings. The van der Waals surface area contributed by atoms with Gasteiger partial charge in [0.2, 0.25) is 0 Å². The summed E-state index contributed by atoms with van der Waals surface area (Å²) in [5.74, 6) is 2.72. The van der Waals surface area contributed by atoms with Crippen molar-refractivity contribution in [1.29, 1.82) is 0 Å². The van der Waals surface area contributed by atoms with Crippen LogP contribution in [0.15, 0.2) is 34.8 Å². The molecule has 2 saturated heterocycles. The van der Waals surface area contributed by atoms with Gasteiger partial charge in [-0.2, -0.15) is 5.10 Å². The van der Waals surface area contributed by atoms with Gasteiger partial charge in [-0.3, -0.25) is 4.90 Å². The molecule has 156 valence electrons. The number of anilines is 1. The van der Waals surface area contributed by atoms with Crippen LogP contribution in [0.1, 0.15) is 43.4 Å². The molecule has 0 saturated carbocycles. The first-order chi connectivity index (χ1) is 14.1.